The van der Waals surface area contributed by atoms with Crippen LogP contribution in [0.25, 0.3) is 0 Å². The Labute approximate surface area is 225 Å². The summed E-state index contributed by atoms with van der Waals surface area (Å²) in [4.78, 5) is 14.8. The molecule has 0 unspecified atom stereocenters. The Kier molecular flexibility index (Phi) is 8.94. The first-order chi connectivity index (χ1) is 18.4. The normalized spacial score (nSPS) is 11.3. The first-order valence-corrected chi connectivity index (χ1v) is 14.0. The summed E-state index contributed by atoms with van der Waals surface area (Å²) in [6.07, 6.45) is 0. The largest absolute Gasteiger partial charge is 0.494 e. The maximum Gasteiger partial charge on any atom is 0.253 e. The number of hydrogen-bond donors (Lipinski definition) is 0. The fourth-order valence-electron chi connectivity index (χ4n) is 4.14. The standard InChI is InChI=1S/C31H32N2O4S/c1-3-37-29-18-20-30(21-19-29)38(35,36)33(23-26-12-8-5-9-13-26)24-27-14-16-28(17-15-27)31(34)32(2)22-25-10-6-4-7-11-25/h4-21H,3,22-24H2,1-2H3. The Morgan fingerprint density at radius 1 is 0.684 bits per heavy atom. The summed E-state index contributed by atoms with van der Waals surface area (Å²) >= 11 is 0. The minimum atomic E-state index is -3.80. The van der Waals surface area contributed by atoms with Crippen LogP contribution in [-0.2, 0) is 29.7 Å². The summed E-state index contributed by atoms with van der Waals surface area (Å²) in [5, 5.41) is 0. The van der Waals surface area contributed by atoms with Crippen molar-refractivity contribution in [1.82, 2.24) is 9.21 Å². The number of rotatable bonds is 11. The third-order valence-electron chi connectivity index (χ3n) is 6.14. The van der Waals surface area contributed by atoms with E-state index in [-0.39, 0.29) is 23.9 Å². The first-order valence-electron chi connectivity index (χ1n) is 12.5. The predicted octanol–water partition coefficient (Wildman–Crippen LogP) is 5.75. The smallest absolute Gasteiger partial charge is 0.253 e. The fraction of sp³-hybridized carbons (Fsp3) is 0.194. The van der Waals surface area contributed by atoms with E-state index in [4.69, 9.17) is 4.74 Å². The minimum absolute atomic E-state index is 0.0939. The first kappa shape index (κ1) is 27.1. The molecule has 4 aromatic carbocycles. The lowest BCUT2D eigenvalue weighted by atomic mass is 10.1. The van der Waals surface area contributed by atoms with Gasteiger partial charge in [-0.25, -0.2) is 8.42 Å². The van der Waals surface area contributed by atoms with E-state index < -0.39 is 10.0 Å². The Morgan fingerprint density at radius 3 is 1.71 bits per heavy atom. The van der Waals surface area contributed by atoms with Gasteiger partial charge in [0.25, 0.3) is 5.91 Å². The Hall–Kier alpha value is -3.94. The molecule has 0 heterocycles. The van der Waals surface area contributed by atoms with Gasteiger partial charge in [0.2, 0.25) is 10.0 Å². The third kappa shape index (κ3) is 6.88. The van der Waals surface area contributed by atoms with Crippen LogP contribution in [0, 0.1) is 0 Å². The number of sulfonamides is 1. The second-order valence-corrected chi connectivity index (χ2v) is 10.9. The van der Waals surface area contributed by atoms with Gasteiger partial charge in [0, 0.05) is 32.2 Å². The van der Waals surface area contributed by atoms with Gasteiger partial charge in [0.15, 0.2) is 0 Å². The summed E-state index contributed by atoms with van der Waals surface area (Å²) in [6.45, 7) is 3.28. The van der Waals surface area contributed by atoms with E-state index in [0.29, 0.717) is 24.5 Å². The number of carbonyl (C=O) groups excluding carboxylic acids is 1. The summed E-state index contributed by atoms with van der Waals surface area (Å²) in [5.41, 5.74) is 3.28. The lowest BCUT2D eigenvalue weighted by Crippen LogP contribution is -2.30. The van der Waals surface area contributed by atoms with E-state index in [1.54, 1.807) is 48.3 Å². The number of benzene rings is 4. The minimum Gasteiger partial charge on any atom is -0.494 e. The zero-order valence-electron chi connectivity index (χ0n) is 21.7. The van der Waals surface area contributed by atoms with Crippen molar-refractivity contribution in [3.05, 3.63) is 131 Å². The van der Waals surface area contributed by atoms with Crippen LogP contribution < -0.4 is 4.74 Å². The molecular formula is C31H32N2O4S. The molecule has 0 aliphatic heterocycles. The van der Waals surface area contributed by atoms with Crippen LogP contribution in [0.15, 0.2) is 114 Å². The SMILES string of the molecule is CCOc1ccc(S(=O)(=O)N(Cc2ccccc2)Cc2ccc(C(=O)N(C)Cc3ccccc3)cc2)cc1. The van der Waals surface area contributed by atoms with E-state index in [1.165, 1.54) is 4.31 Å². The van der Waals surface area contributed by atoms with Gasteiger partial charge in [-0.2, -0.15) is 4.31 Å². The quantitative estimate of drug-likeness (QED) is 0.249. The lowest BCUT2D eigenvalue weighted by molar-refractivity contribution is 0.0785. The van der Waals surface area contributed by atoms with Crippen LogP contribution in [0.4, 0.5) is 0 Å². The van der Waals surface area contributed by atoms with Gasteiger partial charge in [0.1, 0.15) is 5.75 Å². The second-order valence-electron chi connectivity index (χ2n) is 9.01. The van der Waals surface area contributed by atoms with Gasteiger partial charge in [-0.15, -0.1) is 0 Å². The maximum absolute atomic E-state index is 13.7. The van der Waals surface area contributed by atoms with Crippen molar-refractivity contribution in [2.24, 2.45) is 0 Å². The van der Waals surface area contributed by atoms with Gasteiger partial charge in [-0.3, -0.25) is 4.79 Å². The molecule has 4 rings (SSSR count). The molecule has 0 saturated carbocycles. The van der Waals surface area contributed by atoms with Crippen molar-refractivity contribution >= 4 is 15.9 Å². The van der Waals surface area contributed by atoms with Crippen LogP contribution in [0.5, 0.6) is 5.75 Å². The Morgan fingerprint density at radius 2 is 1.18 bits per heavy atom. The monoisotopic (exact) mass is 528 g/mol. The molecule has 7 heteroatoms. The molecule has 1 amide bonds. The molecule has 0 bridgehead atoms. The molecule has 0 aromatic heterocycles. The van der Waals surface area contributed by atoms with E-state index in [9.17, 15) is 13.2 Å². The van der Waals surface area contributed by atoms with E-state index in [2.05, 4.69) is 0 Å². The van der Waals surface area contributed by atoms with Crippen molar-refractivity contribution in [1.29, 1.82) is 0 Å². The number of carbonyl (C=O) groups is 1. The molecule has 0 aliphatic rings. The molecule has 196 valence electrons. The number of ether oxygens (including phenoxy) is 1. The molecule has 0 atom stereocenters. The highest BCUT2D eigenvalue weighted by atomic mass is 32.2. The van der Waals surface area contributed by atoms with Gasteiger partial charge in [-0.1, -0.05) is 72.8 Å². The van der Waals surface area contributed by atoms with E-state index in [1.807, 2.05) is 79.7 Å². The molecule has 0 fully saturated rings. The third-order valence-corrected chi connectivity index (χ3v) is 7.95. The van der Waals surface area contributed by atoms with Crippen molar-refractivity contribution in [3.63, 3.8) is 0 Å². The van der Waals surface area contributed by atoms with E-state index >= 15 is 0 Å². The highest BCUT2D eigenvalue weighted by Gasteiger charge is 2.25. The molecule has 0 N–H and O–H groups in total. The molecule has 0 radical (unpaired) electrons. The van der Waals surface area contributed by atoms with E-state index in [0.717, 1.165) is 16.7 Å². The molecular weight excluding hydrogens is 496 g/mol. The van der Waals surface area contributed by atoms with Gasteiger partial charge >= 0.3 is 0 Å². The zero-order chi connectivity index (χ0) is 27.0. The Balaban J connectivity index is 1.53. The summed E-state index contributed by atoms with van der Waals surface area (Å²) in [5.74, 6) is 0.530. The van der Waals surface area contributed by atoms with Gasteiger partial charge in [0.05, 0.1) is 11.5 Å². The van der Waals surface area contributed by atoms with Gasteiger partial charge in [-0.05, 0) is 60.0 Å². The molecule has 0 aliphatic carbocycles. The van der Waals surface area contributed by atoms with Crippen LogP contribution in [0.2, 0.25) is 0 Å². The fourth-order valence-corrected chi connectivity index (χ4v) is 5.56. The van der Waals surface area contributed by atoms with Crippen LogP contribution in [0.1, 0.15) is 34.0 Å². The van der Waals surface area contributed by atoms with Gasteiger partial charge < -0.3 is 9.64 Å². The number of amides is 1. The van der Waals surface area contributed by atoms with Crippen molar-refractivity contribution in [2.75, 3.05) is 13.7 Å². The summed E-state index contributed by atoms with van der Waals surface area (Å²) in [6, 6.07) is 32.9. The van der Waals surface area contributed by atoms with Crippen molar-refractivity contribution < 1.29 is 17.9 Å². The molecule has 4 aromatic rings. The highest BCUT2D eigenvalue weighted by Crippen LogP contribution is 2.24. The molecule has 0 spiro atoms. The predicted molar refractivity (Wildman–Crippen MR) is 149 cm³/mol. The summed E-state index contributed by atoms with van der Waals surface area (Å²) < 4.78 is 34.3. The zero-order valence-corrected chi connectivity index (χ0v) is 22.5. The Bertz CT molecular complexity index is 1420. The van der Waals surface area contributed by atoms with Crippen molar-refractivity contribution in [2.45, 2.75) is 31.5 Å². The summed E-state index contributed by atoms with van der Waals surface area (Å²) in [7, 11) is -2.03. The lowest BCUT2D eigenvalue weighted by Gasteiger charge is -2.23. The highest BCUT2D eigenvalue weighted by molar-refractivity contribution is 7.89. The number of nitrogens with zero attached hydrogens (tertiary/aromatic N) is 2. The average Bonchev–Trinajstić information content (AvgIpc) is 2.94. The van der Waals surface area contributed by atoms with Crippen LogP contribution in [-0.4, -0.2) is 37.2 Å². The topological polar surface area (TPSA) is 66.9 Å². The number of hydrogen-bond acceptors (Lipinski definition) is 4. The molecule has 0 saturated heterocycles. The van der Waals surface area contributed by atoms with Crippen LogP contribution in [0.3, 0.4) is 0 Å². The van der Waals surface area contributed by atoms with Crippen molar-refractivity contribution in [3.8, 4) is 5.75 Å². The maximum atomic E-state index is 13.7. The molecule has 6 nitrogen and oxygen atoms in total. The second kappa shape index (κ2) is 12.5. The van der Waals surface area contributed by atoms with Crippen LogP contribution >= 0.6 is 0 Å². The average molecular weight is 529 g/mol. The molecule has 38 heavy (non-hydrogen) atoms.